The Labute approximate surface area is 153 Å². The van der Waals surface area contributed by atoms with E-state index in [2.05, 4.69) is 16.2 Å². The molecule has 0 spiro atoms. The Balaban J connectivity index is 1.80. The molecule has 0 saturated carbocycles. The molecule has 0 saturated heterocycles. The highest BCUT2D eigenvalue weighted by molar-refractivity contribution is 7.80. The standard InChI is InChI=1S/C16H14ClF2N3O2S/c1-9(24-12-5-2-10(18)3-6-12)15(23)21-22-16(25)20-11-4-7-14(19)13(17)8-11/h2-9H,1H3,(H,21,23)(H2,20,22,25)/t9-/m1/s1. The molecule has 25 heavy (non-hydrogen) atoms. The molecule has 0 fully saturated rings. The number of carbonyl (C=O) groups excluding carboxylic acids is 1. The molecule has 0 aliphatic rings. The minimum Gasteiger partial charge on any atom is -0.481 e. The summed E-state index contributed by atoms with van der Waals surface area (Å²) in [5.41, 5.74) is 5.30. The molecule has 9 heteroatoms. The van der Waals surface area contributed by atoms with Gasteiger partial charge in [-0.25, -0.2) is 8.78 Å². The molecule has 2 aromatic carbocycles. The van der Waals surface area contributed by atoms with Crippen LogP contribution in [0.1, 0.15) is 6.92 Å². The van der Waals surface area contributed by atoms with Gasteiger partial charge in [0.2, 0.25) is 0 Å². The number of amides is 1. The third-order valence-corrected chi connectivity index (χ3v) is 3.47. The molecule has 2 aromatic rings. The van der Waals surface area contributed by atoms with Crippen LogP contribution in [0.5, 0.6) is 5.75 Å². The molecule has 0 aliphatic heterocycles. The summed E-state index contributed by atoms with van der Waals surface area (Å²) in [6.45, 7) is 1.52. The maximum Gasteiger partial charge on any atom is 0.279 e. The van der Waals surface area contributed by atoms with Crippen LogP contribution in [0.15, 0.2) is 42.5 Å². The van der Waals surface area contributed by atoms with Gasteiger partial charge < -0.3 is 10.1 Å². The van der Waals surface area contributed by atoms with Gasteiger partial charge in [0.05, 0.1) is 5.02 Å². The number of hydrazine groups is 1. The summed E-state index contributed by atoms with van der Waals surface area (Å²) < 4.78 is 31.3. The molecule has 0 radical (unpaired) electrons. The van der Waals surface area contributed by atoms with Gasteiger partial charge in [-0.1, -0.05) is 11.6 Å². The van der Waals surface area contributed by atoms with Crippen LogP contribution in [0.3, 0.4) is 0 Å². The molecule has 3 N–H and O–H groups in total. The van der Waals surface area contributed by atoms with Crippen LogP contribution in [0, 0.1) is 11.6 Å². The van der Waals surface area contributed by atoms with Crippen molar-refractivity contribution in [3.63, 3.8) is 0 Å². The number of benzene rings is 2. The van der Waals surface area contributed by atoms with E-state index in [0.29, 0.717) is 11.4 Å². The van der Waals surface area contributed by atoms with E-state index in [0.717, 1.165) is 0 Å². The molecule has 1 amide bonds. The molecule has 0 aromatic heterocycles. The molecule has 2 rings (SSSR count). The van der Waals surface area contributed by atoms with Crippen LogP contribution >= 0.6 is 23.8 Å². The Morgan fingerprint density at radius 1 is 1.16 bits per heavy atom. The fourth-order valence-corrected chi connectivity index (χ4v) is 2.08. The second-order valence-electron chi connectivity index (χ2n) is 4.91. The van der Waals surface area contributed by atoms with Crippen LogP contribution in [0.2, 0.25) is 5.02 Å². The summed E-state index contributed by atoms with van der Waals surface area (Å²) >= 11 is 10.7. The van der Waals surface area contributed by atoms with Crippen LogP contribution in [-0.2, 0) is 4.79 Å². The Bertz CT molecular complexity index is 774. The van der Waals surface area contributed by atoms with E-state index in [-0.39, 0.29) is 10.1 Å². The summed E-state index contributed by atoms with van der Waals surface area (Å²) in [4.78, 5) is 11.9. The Kier molecular flexibility index (Phi) is 6.49. The highest BCUT2D eigenvalue weighted by Crippen LogP contribution is 2.19. The van der Waals surface area contributed by atoms with E-state index in [9.17, 15) is 13.6 Å². The summed E-state index contributed by atoms with van der Waals surface area (Å²) in [6, 6.07) is 9.26. The number of anilines is 1. The number of halogens is 3. The average Bonchev–Trinajstić information content (AvgIpc) is 2.58. The maximum absolute atomic E-state index is 13.1. The van der Waals surface area contributed by atoms with E-state index in [4.69, 9.17) is 28.6 Å². The van der Waals surface area contributed by atoms with E-state index in [1.807, 2.05) is 0 Å². The molecular formula is C16H14ClF2N3O2S. The second kappa shape index (κ2) is 8.59. The Hall–Kier alpha value is -2.45. The van der Waals surface area contributed by atoms with E-state index in [1.165, 1.54) is 49.4 Å². The normalized spacial score (nSPS) is 11.4. The molecule has 0 unspecified atom stereocenters. The third kappa shape index (κ3) is 5.84. The number of nitrogens with one attached hydrogen (secondary N) is 3. The first-order valence-corrected chi connectivity index (χ1v) is 7.88. The monoisotopic (exact) mass is 385 g/mol. The largest absolute Gasteiger partial charge is 0.481 e. The van der Waals surface area contributed by atoms with Crippen molar-refractivity contribution in [1.29, 1.82) is 0 Å². The van der Waals surface area contributed by atoms with E-state index < -0.39 is 23.6 Å². The maximum atomic E-state index is 13.1. The topological polar surface area (TPSA) is 62.4 Å². The predicted octanol–water partition coefficient (Wildman–Crippen LogP) is 3.40. The van der Waals surface area contributed by atoms with Crippen molar-refractivity contribution in [3.05, 3.63) is 59.1 Å². The lowest BCUT2D eigenvalue weighted by molar-refractivity contribution is -0.127. The van der Waals surface area contributed by atoms with Crippen molar-refractivity contribution in [3.8, 4) is 5.75 Å². The van der Waals surface area contributed by atoms with Gasteiger partial charge in [-0.2, -0.15) is 0 Å². The zero-order valence-corrected chi connectivity index (χ0v) is 14.5. The van der Waals surface area contributed by atoms with Gasteiger partial charge in [0.1, 0.15) is 17.4 Å². The molecule has 5 nitrogen and oxygen atoms in total. The molecule has 132 valence electrons. The van der Waals surface area contributed by atoms with Crippen LogP contribution in [0.25, 0.3) is 0 Å². The lowest BCUT2D eigenvalue weighted by Crippen LogP contribution is -2.48. The fourth-order valence-electron chi connectivity index (χ4n) is 1.73. The average molecular weight is 386 g/mol. The van der Waals surface area contributed by atoms with Gasteiger partial charge in [-0.15, -0.1) is 0 Å². The summed E-state index contributed by atoms with van der Waals surface area (Å²) in [5.74, 6) is -1.09. The molecule has 0 aliphatic carbocycles. The molecule has 1 atom stereocenters. The van der Waals surface area contributed by atoms with Crippen LogP contribution < -0.4 is 20.9 Å². The number of carbonyl (C=O) groups is 1. The van der Waals surface area contributed by atoms with Gasteiger partial charge in [-0.3, -0.25) is 15.6 Å². The smallest absolute Gasteiger partial charge is 0.279 e. The predicted molar refractivity (Wildman–Crippen MR) is 95.4 cm³/mol. The molecule has 0 bridgehead atoms. The number of hydrogen-bond donors (Lipinski definition) is 3. The highest BCUT2D eigenvalue weighted by atomic mass is 35.5. The summed E-state index contributed by atoms with van der Waals surface area (Å²) in [5, 5.41) is 2.75. The van der Waals surface area contributed by atoms with E-state index >= 15 is 0 Å². The van der Waals surface area contributed by atoms with Crippen molar-refractivity contribution in [2.24, 2.45) is 0 Å². The SMILES string of the molecule is C[C@@H](Oc1ccc(F)cc1)C(=O)NNC(=S)Nc1ccc(F)c(Cl)c1. The Morgan fingerprint density at radius 3 is 2.48 bits per heavy atom. The summed E-state index contributed by atoms with van der Waals surface area (Å²) in [6.07, 6.45) is -0.846. The Morgan fingerprint density at radius 2 is 1.84 bits per heavy atom. The van der Waals surface area contributed by atoms with Crippen molar-refractivity contribution in [2.45, 2.75) is 13.0 Å². The van der Waals surface area contributed by atoms with Crippen molar-refractivity contribution in [2.75, 3.05) is 5.32 Å². The van der Waals surface area contributed by atoms with Crippen molar-refractivity contribution < 1.29 is 18.3 Å². The van der Waals surface area contributed by atoms with Gasteiger partial charge in [0.15, 0.2) is 11.2 Å². The zero-order valence-electron chi connectivity index (χ0n) is 13.0. The number of ether oxygens (including phenoxy) is 1. The second-order valence-corrected chi connectivity index (χ2v) is 5.73. The van der Waals surface area contributed by atoms with Gasteiger partial charge in [0.25, 0.3) is 5.91 Å². The minimum absolute atomic E-state index is 0.0573. The third-order valence-electron chi connectivity index (χ3n) is 2.97. The summed E-state index contributed by atoms with van der Waals surface area (Å²) in [7, 11) is 0. The fraction of sp³-hybridized carbons (Fsp3) is 0.125. The van der Waals surface area contributed by atoms with Gasteiger partial charge in [0, 0.05) is 5.69 Å². The van der Waals surface area contributed by atoms with Crippen molar-refractivity contribution in [1.82, 2.24) is 10.9 Å². The highest BCUT2D eigenvalue weighted by Gasteiger charge is 2.15. The number of rotatable bonds is 4. The number of thiocarbonyl (C=S) groups is 1. The molecule has 0 heterocycles. The molecular weight excluding hydrogens is 372 g/mol. The zero-order chi connectivity index (χ0) is 18.4. The number of hydrogen-bond acceptors (Lipinski definition) is 3. The van der Waals surface area contributed by atoms with E-state index in [1.54, 1.807) is 0 Å². The van der Waals surface area contributed by atoms with Gasteiger partial charge >= 0.3 is 0 Å². The minimum atomic E-state index is -0.846. The lowest BCUT2D eigenvalue weighted by Gasteiger charge is -2.16. The van der Waals surface area contributed by atoms with Crippen molar-refractivity contribution >= 4 is 40.5 Å². The lowest BCUT2D eigenvalue weighted by atomic mass is 10.3. The van der Waals surface area contributed by atoms with Crippen LogP contribution in [-0.4, -0.2) is 17.1 Å². The first-order chi connectivity index (χ1) is 11.8. The quantitative estimate of drug-likeness (QED) is 0.556. The first-order valence-electron chi connectivity index (χ1n) is 7.09. The van der Waals surface area contributed by atoms with Crippen LogP contribution in [0.4, 0.5) is 14.5 Å². The first kappa shape index (κ1) is 18.9. The van der Waals surface area contributed by atoms with Gasteiger partial charge in [-0.05, 0) is 61.6 Å².